The zero-order valence-corrected chi connectivity index (χ0v) is 6.97. The highest BCUT2D eigenvalue weighted by Gasteiger charge is 2.35. The van der Waals surface area contributed by atoms with Gasteiger partial charge in [0.1, 0.15) is 25.1 Å². The molecule has 72 valence electrons. The maximum Gasteiger partial charge on any atom is 0.146 e. The highest BCUT2D eigenvalue weighted by Crippen LogP contribution is 2.16. The van der Waals surface area contributed by atoms with Crippen LogP contribution in [0.25, 0.3) is 0 Å². The van der Waals surface area contributed by atoms with Crippen LogP contribution in [0.3, 0.4) is 0 Å². The molecule has 0 saturated carbocycles. The maximum absolute atomic E-state index is 9.41. The Morgan fingerprint density at radius 3 is 2.83 bits per heavy atom. The highest BCUT2D eigenvalue weighted by molar-refractivity contribution is 4.83. The average molecular weight is 178 g/mol. The van der Waals surface area contributed by atoms with E-state index in [9.17, 15) is 5.11 Å². The second-order valence-electron chi connectivity index (χ2n) is 2.66. The second-order valence-corrected chi connectivity index (χ2v) is 2.66. The first-order valence-corrected chi connectivity index (χ1v) is 3.80. The minimum absolute atomic E-state index is 0.128. The van der Waals surface area contributed by atoms with Crippen molar-refractivity contribution < 1.29 is 24.4 Å². The number of methoxy groups -OCH3 is 1. The van der Waals surface area contributed by atoms with Crippen molar-refractivity contribution in [3.63, 3.8) is 0 Å². The Labute approximate surface area is 70.9 Å². The molecule has 1 heterocycles. The molecule has 3 atom stereocenters. The van der Waals surface area contributed by atoms with Gasteiger partial charge in [-0.25, -0.2) is 0 Å². The van der Waals surface area contributed by atoms with Crippen LogP contribution in [0.1, 0.15) is 0 Å². The second kappa shape index (κ2) is 4.74. The van der Waals surface area contributed by atoms with Gasteiger partial charge in [-0.3, -0.25) is 0 Å². The Morgan fingerprint density at radius 1 is 1.58 bits per heavy atom. The summed E-state index contributed by atoms with van der Waals surface area (Å²) in [5.74, 6) is 0. The fourth-order valence-corrected chi connectivity index (χ4v) is 1.12. The quantitative estimate of drug-likeness (QED) is 0.525. The number of aliphatic hydroxyl groups is 2. The van der Waals surface area contributed by atoms with E-state index in [0.717, 1.165) is 0 Å². The van der Waals surface area contributed by atoms with Crippen LogP contribution in [0.15, 0.2) is 0 Å². The molecule has 1 rings (SSSR count). The minimum Gasteiger partial charge on any atom is -0.394 e. The zero-order valence-electron chi connectivity index (χ0n) is 6.97. The molecular formula is C7H14O5. The van der Waals surface area contributed by atoms with Gasteiger partial charge in [0, 0.05) is 7.11 Å². The van der Waals surface area contributed by atoms with Crippen molar-refractivity contribution in [3.05, 3.63) is 0 Å². The summed E-state index contributed by atoms with van der Waals surface area (Å²) in [5, 5.41) is 18.1. The summed E-state index contributed by atoms with van der Waals surface area (Å²) in [6, 6.07) is 0. The largest absolute Gasteiger partial charge is 0.394 e. The van der Waals surface area contributed by atoms with Crippen molar-refractivity contribution in [3.8, 4) is 0 Å². The molecule has 1 fully saturated rings. The number of ether oxygens (including phenoxy) is 3. The van der Waals surface area contributed by atoms with E-state index in [-0.39, 0.29) is 19.5 Å². The molecule has 1 aliphatic rings. The average Bonchev–Trinajstić information content (AvgIpc) is 2.43. The molecule has 0 aliphatic carbocycles. The van der Waals surface area contributed by atoms with E-state index >= 15 is 0 Å². The Kier molecular flexibility index (Phi) is 3.90. The van der Waals surface area contributed by atoms with Crippen LogP contribution in [0.4, 0.5) is 0 Å². The van der Waals surface area contributed by atoms with E-state index in [0.29, 0.717) is 6.61 Å². The molecule has 0 radical (unpaired) electrons. The molecule has 0 bridgehead atoms. The number of hydrogen-bond acceptors (Lipinski definition) is 5. The van der Waals surface area contributed by atoms with Crippen LogP contribution < -0.4 is 0 Å². The van der Waals surface area contributed by atoms with Crippen LogP contribution in [-0.2, 0) is 14.2 Å². The van der Waals surface area contributed by atoms with E-state index in [2.05, 4.69) is 4.74 Å². The van der Waals surface area contributed by atoms with E-state index in [1.165, 1.54) is 7.11 Å². The summed E-state index contributed by atoms with van der Waals surface area (Å²) in [6.45, 7) is 0.243. The van der Waals surface area contributed by atoms with E-state index in [1.54, 1.807) is 0 Å². The fourth-order valence-electron chi connectivity index (χ4n) is 1.12. The first-order valence-electron chi connectivity index (χ1n) is 3.80. The maximum atomic E-state index is 9.41. The van der Waals surface area contributed by atoms with Crippen molar-refractivity contribution >= 4 is 0 Å². The standard InChI is InChI=1S/C7H14O5/c1-10-4-12-6-3-11-5(2-8)7(6)9/h5-9H,2-4H2,1H3. The molecule has 0 aromatic heterocycles. The van der Waals surface area contributed by atoms with Crippen molar-refractivity contribution in [1.82, 2.24) is 0 Å². The number of rotatable bonds is 4. The van der Waals surface area contributed by atoms with Gasteiger partial charge in [-0.05, 0) is 0 Å². The predicted molar refractivity (Wildman–Crippen MR) is 39.6 cm³/mol. The lowest BCUT2D eigenvalue weighted by Gasteiger charge is -2.15. The van der Waals surface area contributed by atoms with Crippen LogP contribution in [0.2, 0.25) is 0 Å². The lowest BCUT2D eigenvalue weighted by Crippen LogP contribution is -2.34. The van der Waals surface area contributed by atoms with Gasteiger partial charge in [-0.2, -0.15) is 0 Å². The summed E-state index contributed by atoms with van der Waals surface area (Å²) in [4.78, 5) is 0. The van der Waals surface area contributed by atoms with Crippen molar-refractivity contribution in [2.75, 3.05) is 27.1 Å². The lowest BCUT2D eigenvalue weighted by molar-refractivity contribution is -0.100. The molecule has 0 aromatic rings. The van der Waals surface area contributed by atoms with E-state index in [1.807, 2.05) is 0 Å². The smallest absolute Gasteiger partial charge is 0.146 e. The Bertz CT molecular complexity index is 129. The monoisotopic (exact) mass is 178 g/mol. The molecule has 0 amide bonds. The Hall–Kier alpha value is -0.200. The van der Waals surface area contributed by atoms with Gasteiger partial charge in [0.05, 0.1) is 13.2 Å². The summed E-state index contributed by atoms with van der Waals surface area (Å²) < 4.78 is 14.8. The van der Waals surface area contributed by atoms with Crippen LogP contribution in [0.5, 0.6) is 0 Å². The topological polar surface area (TPSA) is 68.2 Å². The third-order valence-corrected chi connectivity index (χ3v) is 1.82. The third kappa shape index (κ3) is 2.15. The summed E-state index contributed by atoms with van der Waals surface area (Å²) in [5.41, 5.74) is 0. The van der Waals surface area contributed by atoms with Gasteiger partial charge in [0.15, 0.2) is 0 Å². The van der Waals surface area contributed by atoms with Crippen LogP contribution in [-0.4, -0.2) is 55.6 Å². The summed E-state index contributed by atoms with van der Waals surface area (Å²) >= 11 is 0. The Morgan fingerprint density at radius 2 is 2.33 bits per heavy atom. The number of hydrogen-bond donors (Lipinski definition) is 2. The summed E-state index contributed by atoms with van der Waals surface area (Å²) in [7, 11) is 1.51. The van der Waals surface area contributed by atoms with Gasteiger partial charge >= 0.3 is 0 Å². The van der Waals surface area contributed by atoms with E-state index in [4.69, 9.17) is 14.6 Å². The molecule has 2 N–H and O–H groups in total. The molecule has 5 heteroatoms. The van der Waals surface area contributed by atoms with Gasteiger partial charge in [0.25, 0.3) is 0 Å². The lowest BCUT2D eigenvalue weighted by atomic mass is 10.1. The first kappa shape index (κ1) is 9.88. The zero-order chi connectivity index (χ0) is 8.97. The molecule has 1 aliphatic heterocycles. The van der Waals surface area contributed by atoms with Crippen LogP contribution >= 0.6 is 0 Å². The van der Waals surface area contributed by atoms with Crippen molar-refractivity contribution in [1.29, 1.82) is 0 Å². The molecular weight excluding hydrogens is 164 g/mol. The molecule has 12 heavy (non-hydrogen) atoms. The first-order chi connectivity index (χ1) is 5.79. The van der Waals surface area contributed by atoms with E-state index < -0.39 is 12.2 Å². The predicted octanol–water partition coefficient (Wildman–Crippen LogP) is -1.27. The number of aliphatic hydroxyl groups excluding tert-OH is 2. The van der Waals surface area contributed by atoms with Gasteiger partial charge in [-0.1, -0.05) is 0 Å². The third-order valence-electron chi connectivity index (χ3n) is 1.82. The van der Waals surface area contributed by atoms with Gasteiger partial charge in [0.2, 0.25) is 0 Å². The van der Waals surface area contributed by atoms with Gasteiger partial charge in [-0.15, -0.1) is 0 Å². The van der Waals surface area contributed by atoms with Crippen molar-refractivity contribution in [2.24, 2.45) is 0 Å². The van der Waals surface area contributed by atoms with Crippen LogP contribution in [0, 0.1) is 0 Å². The molecule has 0 aromatic carbocycles. The molecule has 5 nitrogen and oxygen atoms in total. The molecule has 1 saturated heterocycles. The van der Waals surface area contributed by atoms with Gasteiger partial charge < -0.3 is 24.4 Å². The molecule has 0 spiro atoms. The fraction of sp³-hybridized carbons (Fsp3) is 1.00. The summed E-state index contributed by atoms with van der Waals surface area (Å²) in [6.07, 6.45) is -1.67. The highest BCUT2D eigenvalue weighted by atomic mass is 16.7. The Balaban J connectivity index is 2.28. The van der Waals surface area contributed by atoms with Crippen molar-refractivity contribution in [2.45, 2.75) is 18.3 Å². The SMILES string of the molecule is COCOC1COC(CO)C1O. The molecule has 3 unspecified atom stereocenters. The minimum atomic E-state index is -0.759. The normalized spacial score (nSPS) is 35.8.